The molecule has 2 aliphatic rings. The fourth-order valence-corrected chi connectivity index (χ4v) is 4.74. The van der Waals surface area contributed by atoms with E-state index in [1.165, 1.54) is 12.8 Å². The Bertz CT molecular complexity index is 664. The van der Waals surface area contributed by atoms with Gasteiger partial charge in [-0.3, -0.25) is 0 Å². The van der Waals surface area contributed by atoms with E-state index in [0.717, 1.165) is 31.3 Å². The van der Waals surface area contributed by atoms with Crippen LogP contribution in [0.1, 0.15) is 86.5 Å². The van der Waals surface area contributed by atoms with Crippen LogP contribution in [0.5, 0.6) is 0 Å². The molecule has 1 saturated heterocycles. The Morgan fingerprint density at radius 1 is 1.28 bits per heavy atom. The second-order valence-corrected chi connectivity index (χ2v) is 10.3. The van der Waals surface area contributed by atoms with Gasteiger partial charge in [-0.1, -0.05) is 77.8 Å². The smallest absolute Gasteiger partial charge is 0.335 e. The average Bonchev–Trinajstić information content (AvgIpc) is 3.50. The third-order valence-corrected chi connectivity index (χ3v) is 6.92. The van der Waals surface area contributed by atoms with Gasteiger partial charge in [-0.25, -0.2) is 4.79 Å². The lowest BCUT2D eigenvalue weighted by Crippen LogP contribution is -2.32. The molecule has 1 N–H and O–H groups in total. The first kappa shape index (κ1) is 26.9. The topological polar surface area (TPSA) is 59.1 Å². The number of carbonyl (C=O) groups excluding carboxylic acids is 1. The number of ether oxygens (including phenoxy) is 2. The summed E-state index contributed by atoms with van der Waals surface area (Å²) in [4.78, 5) is 12.5. The number of aliphatic hydroxyl groups excluding tert-OH is 1. The number of epoxide rings is 1. The number of cyclic esters (lactones) is 1. The highest BCUT2D eigenvalue weighted by Gasteiger charge is 2.42. The van der Waals surface area contributed by atoms with Gasteiger partial charge in [0.2, 0.25) is 0 Å². The number of carbonyl (C=O) groups is 1. The van der Waals surface area contributed by atoms with Crippen LogP contribution in [0.3, 0.4) is 0 Å². The molecule has 0 bridgehead atoms. The summed E-state index contributed by atoms with van der Waals surface area (Å²) in [6.45, 7) is 13.0. The van der Waals surface area contributed by atoms with E-state index in [9.17, 15) is 9.90 Å². The van der Waals surface area contributed by atoms with Crippen molar-refractivity contribution in [3.05, 3.63) is 36.0 Å². The van der Waals surface area contributed by atoms with Crippen LogP contribution in [0.15, 0.2) is 36.0 Å². The third-order valence-electron chi connectivity index (χ3n) is 6.92. The van der Waals surface area contributed by atoms with Crippen LogP contribution >= 0.6 is 0 Å². The fraction of sp³-hybridized carbons (Fsp3) is 0.750. The maximum absolute atomic E-state index is 12.5. The summed E-state index contributed by atoms with van der Waals surface area (Å²) in [6, 6.07) is 0. The van der Waals surface area contributed by atoms with E-state index in [1.54, 1.807) is 0 Å². The molecule has 0 aromatic carbocycles. The molecule has 4 nitrogen and oxygen atoms in total. The fourth-order valence-electron chi connectivity index (χ4n) is 4.74. The average molecular weight is 447 g/mol. The van der Waals surface area contributed by atoms with Crippen molar-refractivity contribution in [3.8, 4) is 0 Å². The minimum absolute atomic E-state index is 0.0560. The number of aliphatic hydroxyl groups is 1. The zero-order valence-electron chi connectivity index (χ0n) is 21.1. The molecule has 32 heavy (non-hydrogen) atoms. The Morgan fingerprint density at radius 3 is 2.75 bits per heavy atom. The van der Waals surface area contributed by atoms with Gasteiger partial charge in [0.05, 0.1) is 12.2 Å². The number of hydrogen-bond donors (Lipinski definition) is 1. The lowest BCUT2D eigenvalue weighted by molar-refractivity contribution is -0.159. The van der Waals surface area contributed by atoms with Crippen LogP contribution < -0.4 is 0 Å². The molecule has 2 aliphatic heterocycles. The van der Waals surface area contributed by atoms with Crippen molar-refractivity contribution >= 4 is 5.97 Å². The number of rotatable bonds is 8. The largest absolute Gasteiger partial charge is 0.455 e. The Hall–Kier alpha value is -1.39. The van der Waals surface area contributed by atoms with Gasteiger partial charge >= 0.3 is 5.97 Å². The van der Waals surface area contributed by atoms with Crippen molar-refractivity contribution in [2.75, 3.05) is 0 Å². The number of hydrogen-bond acceptors (Lipinski definition) is 4. The SMILES string of the molecule is CCCC(C)C1OC1CC(C)C=CC=C(C)C1OC(=O)C(O)CCCC(C)C/C=C\C1C. The monoisotopic (exact) mass is 446 g/mol. The zero-order chi connectivity index (χ0) is 23.7. The van der Waals surface area contributed by atoms with Gasteiger partial charge in [0.1, 0.15) is 6.10 Å². The highest BCUT2D eigenvalue weighted by molar-refractivity contribution is 5.74. The molecular formula is C28H46O4. The van der Waals surface area contributed by atoms with Gasteiger partial charge in [0, 0.05) is 5.92 Å². The third kappa shape index (κ3) is 8.86. The van der Waals surface area contributed by atoms with Crippen molar-refractivity contribution in [1.82, 2.24) is 0 Å². The van der Waals surface area contributed by atoms with Gasteiger partial charge < -0.3 is 14.6 Å². The van der Waals surface area contributed by atoms with Crippen LogP contribution in [-0.4, -0.2) is 35.5 Å². The molecule has 1 fully saturated rings. The van der Waals surface area contributed by atoms with E-state index in [-0.39, 0.29) is 12.0 Å². The second kappa shape index (κ2) is 13.3. The van der Waals surface area contributed by atoms with Crippen LogP contribution in [0.25, 0.3) is 0 Å². The molecule has 8 atom stereocenters. The molecule has 4 heteroatoms. The van der Waals surface area contributed by atoms with Crippen molar-refractivity contribution in [3.63, 3.8) is 0 Å². The second-order valence-electron chi connectivity index (χ2n) is 10.3. The summed E-state index contributed by atoms with van der Waals surface area (Å²) >= 11 is 0. The molecule has 2 heterocycles. The summed E-state index contributed by atoms with van der Waals surface area (Å²) < 4.78 is 11.7. The minimum atomic E-state index is -1.04. The van der Waals surface area contributed by atoms with Gasteiger partial charge in [0.25, 0.3) is 0 Å². The summed E-state index contributed by atoms with van der Waals surface area (Å²) in [5, 5.41) is 10.2. The zero-order valence-corrected chi connectivity index (χ0v) is 21.1. The van der Waals surface area contributed by atoms with Crippen LogP contribution in [0.4, 0.5) is 0 Å². The predicted octanol–water partition coefficient (Wildman–Crippen LogP) is 6.39. The standard InChI is InChI=1S/C28H46O4/c1-7-11-21(4)27-25(31-27)18-20(3)14-9-16-23(6)26-22(5)15-8-12-19(2)13-10-17-24(29)28(30)32-26/h8-9,14-16,19-22,24-27,29H,7,10-13,17-18H2,1-6H3/b14-9?,15-8-,23-16?. The molecule has 0 aromatic rings. The Balaban J connectivity index is 1.97. The first-order valence-electron chi connectivity index (χ1n) is 12.8. The highest BCUT2D eigenvalue weighted by atomic mass is 16.6. The lowest BCUT2D eigenvalue weighted by atomic mass is 9.93. The van der Waals surface area contributed by atoms with Gasteiger partial charge in [-0.15, -0.1) is 0 Å². The Labute approximate surface area is 196 Å². The van der Waals surface area contributed by atoms with E-state index in [2.05, 4.69) is 58.9 Å². The quantitative estimate of drug-likeness (QED) is 0.203. The molecule has 0 saturated carbocycles. The van der Waals surface area contributed by atoms with Crippen molar-refractivity contribution in [2.45, 2.75) is 111 Å². The van der Waals surface area contributed by atoms with Crippen LogP contribution in [-0.2, 0) is 14.3 Å². The Kier molecular flexibility index (Phi) is 11.2. The van der Waals surface area contributed by atoms with Crippen molar-refractivity contribution < 1.29 is 19.4 Å². The molecule has 2 rings (SSSR count). The molecule has 0 amide bonds. The maximum atomic E-state index is 12.5. The van der Waals surface area contributed by atoms with E-state index in [0.29, 0.717) is 36.4 Å². The maximum Gasteiger partial charge on any atom is 0.335 e. The normalized spacial score (nSPS) is 35.5. The van der Waals surface area contributed by atoms with Crippen LogP contribution in [0, 0.1) is 23.7 Å². The number of allylic oxidation sites excluding steroid dienone is 4. The molecule has 0 aromatic heterocycles. The lowest BCUT2D eigenvalue weighted by Gasteiger charge is -2.25. The van der Waals surface area contributed by atoms with Crippen molar-refractivity contribution in [2.24, 2.45) is 23.7 Å². The predicted molar refractivity (Wildman–Crippen MR) is 131 cm³/mol. The molecule has 0 spiro atoms. The first-order chi connectivity index (χ1) is 15.2. The minimum Gasteiger partial charge on any atom is -0.455 e. The number of esters is 1. The molecular weight excluding hydrogens is 400 g/mol. The molecule has 0 aliphatic carbocycles. The molecule has 0 radical (unpaired) electrons. The van der Waals surface area contributed by atoms with E-state index < -0.39 is 12.1 Å². The summed E-state index contributed by atoms with van der Waals surface area (Å²) in [5.41, 5.74) is 0.994. The van der Waals surface area contributed by atoms with Gasteiger partial charge in [-0.05, 0) is 62.4 Å². The summed E-state index contributed by atoms with van der Waals surface area (Å²) in [5.74, 6) is 1.18. The van der Waals surface area contributed by atoms with E-state index >= 15 is 0 Å². The summed E-state index contributed by atoms with van der Waals surface area (Å²) in [7, 11) is 0. The first-order valence-corrected chi connectivity index (χ1v) is 12.8. The highest BCUT2D eigenvalue weighted by Crippen LogP contribution is 2.36. The van der Waals surface area contributed by atoms with Crippen molar-refractivity contribution in [1.29, 1.82) is 0 Å². The van der Waals surface area contributed by atoms with E-state index in [4.69, 9.17) is 9.47 Å². The molecule has 182 valence electrons. The van der Waals surface area contributed by atoms with Gasteiger partial charge in [0.15, 0.2) is 6.10 Å². The van der Waals surface area contributed by atoms with Crippen LogP contribution in [0.2, 0.25) is 0 Å². The van der Waals surface area contributed by atoms with Gasteiger partial charge in [-0.2, -0.15) is 0 Å². The van der Waals surface area contributed by atoms with E-state index in [1.807, 2.05) is 13.0 Å². The summed E-state index contributed by atoms with van der Waals surface area (Å²) in [6.07, 6.45) is 16.9. The Morgan fingerprint density at radius 2 is 2.03 bits per heavy atom. The molecule has 8 unspecified atom stereocenters.